The lowest BCUT2D eigenvalue weighted by molar-refractivity contribution is -0.910. The summed E-state index contributed by atoms with van der Waals surface area (Å²) in [6, 6.07) is 0. The summed E-state index contributed by atoms with van der Waals surface area (Å²) in [5.74, 6) is 0. The van der Waals surface area contributed by atoms with Gasteiger partial charge in [0.2, 0.25) is 0 Å². The van der Waals surface area contributed by atoms with Gasteiger partial charge >= 0.3 is 11.0 Å². The van der Waals surface area contributed by atoms with Crippen LogP contribution in [-0.2, 0) is 20.0 Å². The van der Waals surface area contributed by atoms with Gasteiger partial charge in [0.1, 0.15) is 0 Å². The predicted molar refractivity (Wildman–Crippen MR) is 154 cm³/mol. The topological polar surface area (TPSA) is 82.4 Å². The van der Waals surface area contributed by atoms with E-state index in [9.17, 15) is 43.2 Å². The van der Waals surface area contributed by atoms with Crippen LogP contribution in [0.3, 0.4) is 0 Å². The maximum atomic E-state index is 11.4. The number of halogens is 6. The standard InChI is InChI=1S/C25H54N.C2F6NO4S2/c1-5-8-11-14-17-20-23-26(4,24-21-18-15-12-9-6-2)25-22-19-16-13-10-7-3;3-1(4,5)14(10,11)9-15(12,13)2(6,7)8/h5-25H2,1-4H3;/q+1;-1. The lowest BCUT2D eigenvalue weighted by Crippen LogP contribution is -2.46. The number of unbranched alkanes of at least 4 members (excludes halogenated alkanes) is 15. The molecule has 0 aromatic carbocycles. The molecule has 0 amide bonds. The highest BCUT2D eigenvalue weighted by molar-refractivity contribution is 8.13. The number of nitrogens with zero attached hydrogens (tertiary/aromatic N) is 2. The Kier molecular flexibility index (Phi) is 22.8. The van der Waals surface area contributed by atoms with Crippen molar-refractivity contribution in [3.63, 3.8) is 0 Å². The van der Waals surface area contributed by atoms with Crippen molar-refractivity contribution >= 4 is 20.0 Å². The Morgan fingerprint density at radius 3 is 0.902 bits per heavy atom. The van der Waals surface area contributed by atoms with E-state index in [4.69, 9.17) is 0 Å². The minimum atomic E-state index is -6.72. The molecule has 0 aromatic rings. The maximum absolute atomic E-state index is 11.4. The smallest absolute Gasteiger partial charge is 0.421 e. The van der Waals surface area contributed by atoms with Crippen molar-refractivity contribution in [1.29, 1.82) is 0 Å². The van der Waals surface area contributed by atoms with E-state index in [2.05, 4.69) is 27.8 Å². The number of sulfonamides is 2. The number of quaternary nitrogens is 1. The average molecular weight is 649 g/mol. The third-order valence-corrected chi connectivity index (χ3v) is 9.68. The zero-order chi connectivity index (χ0) is 32.1. The monoisotopic (exact) mass is 648 g/mol. The molecule has 6 nitrogen and oxygen atoms in total. The van der Waals surface area contributed by atoms with Crippen molar-refractivity contribution in [3.8, 4) is 0 Å². The second kappa shape index (κ2) is 22.0. The Morgan fingerprint density at radius 2 is 0.683 bits per heavy atom. The van der Waals surface area contributed by atoms with E-state index in [1.165, 1.54) is 140 Å². The SMILES string of the molecule is CCCCCCCC[N+](C)(CCCCCCCC)CCCCCCCC.O=S(=O)([N-]S(=O)(=O)C(F)(F)F)C(F)(F)F. The number of rotatable bonds is 23. The molecule has 0 fully saturated rings. The van der Waals surface area contributed by atoms with Crippen LogP contribution in [0, 0.1) is 0 Å². The van der Waals surface area contributed by atoms with Crippen molar-refractivity contribution in [1.82, 2.24) is 0 Å². The van der Waals surface area contributed by atoms with Crippen molar-refractivity contribution in [2.24, 2.45) is 0 Å². The van der Waals surface area contributed by atoms with E-state index in [1.54, 1.807) is 0 Å². The Hall–Kier alpha value is -0.600. The van der Waals surface area contributed by atoms with Gasteiger partial charge in [-0.05, 0) is 38.5 Å². The van der Waals surface area contributed by atoms with Gasteiger partial charge in [0.25, 0.3) is 0 Å². The molecule has 0 saturated heterocycles. The first-order valence-corrected chi connectivity index (χ1v) is 18.0. The summed E-state index contributed by atoms with van der Waals surface area (Å²) in [7, 11) is -10.9. The zero-order valence-corrected chi connectivity index (χ0v) is 27.1. The minimum absolute atomic E-state index is 0.778. The molecule has 0 aliphatic rings. The van der Waals surface area contributed by atoms with Gasteiger partial charge in [0, 0.05) is 0 Å². The van der Waals surface area contributed by atoms with E-state index < -0.39 is 31.1 Å². The van der Waals surface area contributed by atoms with Gasteiger partial charge < -0.3 is 8.61 Å². The van der Waals surface area contributed by atoms with Gasteiger partial charge in [-0.2, -0.15) is 26.3 Å². The third-order valence-electron chi connectivity index (χ3n) is 6.94. The van der Waals surface area contributed by atoms with E-state index in [-0.39, 0.29) is 0 Å². The van der Waals surface area contributed by atoms with E-state index in [0.29, 0.717) is 0 Å². The molecule has 14 heteroatoms. The van der Waals surface area contributed by atoms with Crippen molar-refractivity contribution in [3.05, 3.63) is 4.13 Å². The second-order valence-corrected chi connectivity index (χ2v) is 14.4. The summed E-state index contributed by atoms with van der Waals surface area (Å²) in [6.07, 6.45) is 25.9. The van der Waals surface area contributed by atoms with Crippen LogP contribution in [0.25, 0.3) is 4.13 Å². The fourth-order valence-corrected chi connectivity index (χ4v) is 6.08. The summed E-state index contributed by atoms with van der Waals surface area (Å²) in [5, 5.41) is 0. The van der Waals surface area contributed by atoms with Crippen LogP contribution in [0.5, 0.6) is 0 Å². The summed E-state index contributed by atoms with van der Waals surface area (Å²) < 4.78 is 111. The molecule has 0 N–H and O–H groups in total. The van der Waals surface area contributed by atoms with Crippen LogP contribution >= 0.6 is 0 Å². The van der Waals surface area contributed by atoms with Crippen LogP contribution in [0.2, 0.25) is 0 Å². The lowest BCUT2D eigenvalue weighted by atomic mass is 10.1. The third kappa shape index (κ3) is 21.7. The Bertz CT molecular complexity index is 766. The van der Waals surface area contributed by atoms with Gasteiger partial charge in [-0.1, -0.05) is 97.8 Å². The lowest BCUT2D eigenvalue weighted by Gasteiger charge is -2.35. The molecule has 0 rings (SSSR count). The molecule has 0 unspecified atom stereocenters. The van der Waals surface area contributed by atoms with E-state index in [0.717, 1.165) is 4.13 Å². The minimum Gasteiger partial charge on any atom is -0.421 e. The number of alkyl halides is 6. The zero-order valence-electron chi connectivity index (χ0n) is 25.5. The molecule has 0 bridgehead atoms. The molecule has 0 aliphatic carbocycles. The molecular weight excluding hydrogens is 594 g/mol. The molecule has 250 valence electrons. The van der Waals surface area contributed by atoms with Crippen LogP contribution < -0.4 is 0 Å². The van der Waals surface area contributed by atoms with Crippen molar-refractivity contribution in [2.75, 3.05) is 26.7 Å². The summed E-state index contributed by atoms with van der Waals surface area (Å²) >= 11 is 0. The van der Waals surface area contributed by atoms with E-state index in [1.807, 2.05) is 0 Å². The molecule has 0 radical (unpaired) electrons. The first-order chi connectivity index (χ1) is 18.9. The summed E-state index contributed by atoms with van der Waals surface area (Å²) in [4.78, 5) is 0. The Labute approximate surface area is 245 Å². The normalized spacial score (nSPS) is 13.2. The first kappa shape index (κ1) is 42.5. The van der Waals surface area contributed by atoms with Crippen LogP contribution in [-0.4, -0.2) is 59.0 Å². The molecule has 0 heterocycles. The largest absolute Gasteiger partial charge is 0.480 e. The summed E-state index contributed by atoms with van der Waals surface area (Å²) in [6.45, 7) is 11.2. The van der Waals surface area contributed by atoms with Crippen molar-refractivity contribution in [2.45, 2.75) is 147 Å². The van der Waals surface area contributed by atoms with Gasteiger partial charge in [-0.15, -0.1) is 0 Å². The number of hydrogen-bond donors (Lipinski definition) is 0. The highest BCUT2D eigenvalue weighted by atomic mass is 32.3. The fraction of sp³-hybridized carbons (Fsp3) is 1.00. The van der Waals surface area contributed by atoms with Crippen LogP contribution in [0.4, 0.5) is 26.3 Å². The van der Waals surface area contributed by atoms with E-state index >= 15 is 0 Å². The van der Waals surface area contributed by atoms with Gasteiger partial charge in [0.05, 0.1) is 26.7 Å². The van der Waals surface area contributed by atoms with Crippen LogP contribution in [0.1, 0.15) is 136 Å². The van der Waals surface area contributed by atoms with Crippen LogP contribution in [0.15, 0.2) is 0 Å². The molecule has 0 aliphatic heterocycles. The van der Waals surface area contributed by atoms with Gasteiger partial charge in [-0.25, -0.2) is 16.8 Å². The molecule has 41 heavy (non-hydrogen) atoms. The highest BCUT2D eigenvalue weighted by Gasteiger charge is 2.46. The first-order valence-electron chi connectivity index (χ1n) is 15.1. The fourth-order valence-electron chi connectivity index (χ4n) is 4.37. The summed E-state index contributed by atoms with van der Waals surface area (Å²) in [5.41, 5.74) is -12.4. The predicted octanol–water partition coefficient (Wildman–Crippen LogP) is 9.57. The maximum Gasteiger partial charge on any atom is 0.480 e. The van der Waals surface area contributed by atoms with Gasteiger partial charge in [0.15, 0.2) is 20.0 Å². The second-order valence-electron chi connectivity index (χ2n) is 11.0. The Balaban J connectivity index is 0. The molecule has 0 aromatic heterocycles. The molecule has 0 spiro atoms. The Morgan fingerprint density at radius 1 is 0.463 bits per heavy atom. The van der Waals surface area contributed by atoms with Crippen molar-refractivity contribution < 1.29 is 47.7 Å². The number of hydrogen-bond acceptors (Lipinski definition) is 4. The molecule has 0 saturated carbocycles. The average Bonchev–Trinajstić information content (AvgIpc) is 2.84. The molecule has 0 atom stereocenters. The highest BCUT2D eigenvalue weighted by Crippen LogP contribution is 2.36. The quantitative estimate of drug-likeness (QED) is 0.0628. The molecular formula is C27H54F6N2O4S2. The van der Waals surface area contributed by atoms with Gasteiger partial charge in [-0.3, -0.25) is 0 Å².